The van der Waals surface area contributed by atoms with Crippen LogP contribution in [0.2, 0.25) is 0 Å². The van der Waals surface area contributed by atoms with Crippen molar-refractivity contribution < 1.29 is 18.8 Å². The number of hydroxylamine groups is 2. The van der Waals surface area contributed by atoms with Crippen molar-refractivity contribution in [2.24, 2.45) is 0 Å². The van der Waals surface area contributed by atoms with E-state index in [1.165, 1.54) is 5.06 Å². The van der Waals surface area contributed by atoms with E-state index in [-0.39, 0.29) is 11.8 Å². The number of methoxy groups -OCH3 is 1. The molecule has 1 fully saturated rings. The lowest BCUT2D eigenvalue weighted by Crippen LogP contribution is -2.25. The van der Waals surface area contributed by atoms with E-state index in [9.17, 15) is 4.79 Å². The molecule has 6 heteroatoms. The quantitative estimate of drug-likeness (QED) is 0.736. The average molecular weight is 326 g/mol. The molecule has 124 valence electrons. The van der Waals surface area contributed by atoms with Crippen LogP contribution in [0.3, 0.4) is 0 Å². The first-order valence-electron chi connectivity index (χ1n) is 7.99. The van der Waals surface area contributed by atoms with Crippen molar-refractivity contribution in [2.75, 3.05) is 20.3 Å². The summed E-state index contributed by atoms with van der Waals surface area (Å²) in [5.41, 5.74) is 2.48. The highest BCUT2D eigenvalue weighted by Crippen LogP contribution is 2.41. The second-order valence-electron chi connectivity index (χ2n) is 5.81. The summed E-state index contributed by atoms with van der Waals surface area (Å²) in [5.74, 6) is 0.752. The highest BCUT2D eigenvalue weighted by Gasteiger charge is 2.33. The SMILES string of the molecule is CCON1CC(c2ccc(OC)c3oc4cnccc4c23)CC1=O. The molecule has 0 radical (unpaired) electrons. The summed E-state index contributed by atoms with van der Waals surface area (Å²) in [6.45, 7) is 2.91. The predicted octanol–water partition coefficient (Wildman–Crippen LogP) is 3.26. The summed E-state index contributed by atoms with van der Waals surface area (Å²) in [6, 6.07) is 5.84. The molecule has 1 saturated heterocycles. The van der Waals surface area contributed by atoms with Crippen LogP contribution < -0.4 is 4.74 Å². The van der Waals surface area contributed by atoms with Crippen LogP contribution in [0.4, 0.5) is 0 Å². The number of aromatic nitrogens is 1. The van der Waals surface area contributed by atoms with Gasteiger partial charge in [-0.05, 0) is 24.6 Å². The maximum absolute atomic E-state index is 12.2. The molecule has 0 N–H and O–H groups in total. The normalized spacial score (nSPS) is 18.0. The molecule has 3 aromatic rings. The number of fused-ring (bicyclic) bond motifs is 3. The van der Waals surface area contributed by atoms with Gasteiger partial charge >= 0.3 is 0 Å². The predicted molar refractivity (Wildman–Crippen MR) is 88.8 cm³/mol. The first-order valence-corrected chi connectivity index (χ1v) is 7.99. The number of rotatable bonds is 4. The Morgan fingerprint density at radius 1 is 1.38 bits per heavy atom. The minimum atomic E-state index is 0.0142. The van der Waals surface area contributed by atoms with Crippen molar-refractivity contribution in [1.82, 2.24) is 10.0 Å². The molecule has 1 aromatic carbocycles. The third-order valence-electron chi connectivity index (χ3n) is 4.45. The Bertz CT molecular complexity index is 918. The van der Waals surface area contributed by atoms with Gasteiger partial charge in [0.25, 0.3) is 0 Å². The fraction of sp³-hybridized carbons (Fsp3) is 0.333. The molecular formula is C18H18N2O4. The van der Waals surface area contributed by atoms with Gasteiger partial charge in [0.1, 0.15) is 0 Å². The van der Waals surface area contributed by atoms with E-state index in [0.717, 1.165) is 16.3 Å². The minimum absolute atomic E-state index is 0.0142. The van der Waals surface area contributed by atoms with Crippen molar-refractivity contribution >= 4 is 27.8 Å². The van der Waals surface area contributed by atoms with Crippen molar-refractivity contribution in [2.45, 2.75) is 19.3 Å². The maximum atomic E-state index is 12.2. The summed E-state index contributed by atoms with van der Waals surface area (Å²) in [7, 11) is 1.62. The highest BCUT2D eigenvalue weighted by atomic mass is 16.7. The molecule has 4 rings (SSSR count). The summed E-state index contributed by atoms with van der Waals surface area (Å²) < 4.78 is 11.4. The first-order chi connectivity index (χ1) is 11.7. The Morgan fingerprint density at radius 2 is 2.25 bits per heavy atom. The smallest absolute Gasteiger partial charge is 0.246 e. The van der Waals surface area contributed by atoms with Gasteiger partial charge in [0.2, 0.25) is 5.91 Å². The van der Waals surface area contributed by atoms with Gasteiger partial charge < -0.3 is 9.15 Å². The molecule has 2 aromatic heterocycles. The van der Waals surface area contributed by atoms with Gasteiger partial charge in [0.15, 0.2) is 16.9 Å². The van der Waals surface area contributed by atoms with Crippen molar-refractivity contribution in [3.05, 3.63) is 36.2 Å². The van der Waals surface area contributed by atoms with Crippen LogP contribution in [-0.2, 0) is 9.63 Å². The van der Waals surface area contributed by atoms with E-state index in [1.807, 2.05) is 25.1 Å². The number of furan rings is 1. The van der Waals surface area contributed by atoms with Crippen molar-refractivity contribution in [3.63, 3.8) is 0 Å². The van der Waals surface area contributed by atoms with Crippen LogP contribution in [0.1, 0.15) is 24.8 Å². The van der Waals surface area contributed by atoms with Crippen LogP contribution in [0, 0.1) is 0 Å². The molecular weight excluding hydrogens is 308 g/mol. The van der Waals surface area contributed by atoms with Crippen molar-refractivity contribution in [1.29, 1.82) is 0 Å². The van der Waals surface area contributed by atoms with Gasteiger partial charge in [-0.1, -0.05) is 6.07 Å². The van der Waals surface area contributed by atoms with Gasteiger partial charge in [-0.25, -0.2) is 5.06 Å². The number of hydrogen-bond acceptors (Lipinski definition) is 5. The zero-order valence-electron chi connectivity index (χ0n) is 13.6. The third-order valence-corrected chi connectivity index (χ3v) is 4.45. The van der Waals surface area contributed by atoms with E-state index < -0.39 is 0 Å². The average Bonchev–Trinajstić information content (AvgIpc) is 3.16. The molecule has 1 atom stereocenters. The molecule has 0 bridgehead atoms. The van der Waals surface area contributed by atoms with Gasteiger partial charge in [-0.2, -0.15) is 0 Å². The maximum Gasteiger partial charge on any atom is 0.246 e. The van der Waals surface area contributed by atoms with Gasteiger partial charge in [0, 0.05) is 29.3 Å². The monoisotopic (exact) mass is 326 g/mol. The number of carbonyl (C=O) groups excluding carboxylic acids is 1. The van der Waals surface area contributed by atoms with Crippen LogP contribution in [0.5, 0.6) is 5.75 Å². The van der Waals surface area contributed by atoms with E-state index >= 15 is 0 Å². The third kappa shape index (κ3) is 2.22. The number of nitrogens with zero attached hydrogens (tertiary/aromatic N) is 2. The highest BCUT2D eigenvalue weighted by molar-refractivity contribution is 6.08. The summed E-state index contributed by atoms with van der Waals surface area (Å²) in [6.07, 6.45) is 3.87. The molecule has 0 saturated carbocycles. The van der Waals surface area contributed by atoms with E-state index in [1.54, 1.807) is 19.5 Å². The zero-order valence-corrected chi connectivity index (χ0v) is 13.6. The minimum Gasteiger partial charge on any atom is -0.493 e. The van der Waals surface area contributed by atoms with Crippen LogP contribution >= 0.6 is 0 Å². The number of benzene rings is 1. The summed E-state index contributed by atoms with van der Waals surface area (Å²) in [4.78, 5) is 21.7. The molecule has 3 heterocycles. The van der Waals surface area contributed by atoms with E-state index in [2.05, 4.69) is 4.98 Å². The Morgan fingerprint density at radius 3 is 3.04 bits per heavy atom. The Balaban J connectivity index is 1.88. The zero-order chi connectivity index (χ0) is 16.7. The molecule has 0 aliphatic carbocycles. The number of pyridine rings is 1. The second-order valence-corrected chi connectivity index (χ2v) is 5.81. The second kappa shape index (κ2) is 5.79. The van der Waals surface area contributed by atoms with Crippen molar-refractivity contribution in [3.8, 4) is 5.75 Å². The molecule has 1 aliphatic rings. The van der Waals surface area contributed by atoms with Gasteiger partial charge in [0.05, 0.1) is 26.5 Å². The van der Waals surface area contributed by atoms with Crippen LogP contribution in [0.25, 0.3) is 21.9 Å². The first kappa shape index (κ1) is 15.0. The van der Waals surface area contributed by atoms with Gasteiger partial charge in [-0.3, -0.25) is 14.6 Å². The Labute approximate surface area is 138 Å². The van der Waals surface area contributed by atoms with Crippen LogP contribution in [-0.4, -0.2) is 36.2 Å². The number of hydrogen-bond donors (Lipinski definition) is 0. The lowest BCUT2D eigenvalue weighted by atomic mass is 9.93. The summed E-state index contributed by atoms with van der Waals surface area (Å²) in [5, 5.41) is 3.43. The molecule has 1 amide bonds. The fourth-order valence-electron chi connectivity index (χ4n) is 3.40. The van der Waals surface area contributed by atoms with E-state index in [0.29, 0.717) is 36.5 Å². The number of ether oxygens (including phenoxy) is 1. The molecule has 24 heavy (non-hydrogen) atoms. The number of amides is 1. The largest absolute Gasteiger partial charge is 0.493 e. The fourth-order valence-corrected chi connectivity index (χ4v) is 3.40. The molecule has 0 spiro atoms. The van der Waals surface area contributed by atoms with Crippen LogP contribution in [0.15, 0.2) is 35.0 Å². The number of carbonyl (C=O) groups is 1. The standard InChI is InChI=1S/C18H18N2O4/c1-3-23-20-10-11(8-16(20)21)12-4-5-14(22-2)18-17(12)13-6-7-19-9-15(13)24-18/h4-7,9,11H,3,8,10H2,1-2H3. The molecule has 1 aliphatic heterocycles. The Kier molecular flexibility index (Phi) is 3.61. The lowest BCUT2D eigenvalue weighted by Gasteiger charge is -2.15. The molecule has 6 nitrogen and oxygen atoms in total. The van der Waals surface area contributed by atoms with E-state index in [4.69, 9.17) is 14.0 Å². The van der Waals surface area contributed by atoms with Gasteiger partial charge in [-0.15, -0.1) is 0 Å². The molecule has 1 unspecified atom stereocenters. The Hall–Kier alpha value is -2.60. The topological polar surface area (TPSA) is 64.8 Å². The summed E-state index contributed by atoms with van der Waals surface area (Å²) >= 11 is 0. The lowest BCUT2D eigenvalue weighted by molar-refractivity contribution is -0.175.